The molecule has 0 aliphatic carbocycles. The number of nitrogens with zero attached hydrogens (tertiary/aromatic N) is 1. The van der Waals surface area contributed by atoms with Gasteiger partial charge in [0.05, 0.1) is 0 Å². The molecule has 36 heavy (non-hydrogen) atoms. The molecular weight excluding hydrogens is 448 g/mol. The van der Waals surface area contributed by atoms with Crippen molar-refractivity contribution in [2.75, 3.05) is 13.1 Å². The summed E-state index contributed by atoms with van der Waals surface area (Å²) in [6, 6.07) is 13.8. The molecule has 0 radical (unpaired) electrons. The zero-order chi connectivity index (χ0) is 26.3. The molecule has 1 unspecified atom stereocenters. The highest BCUT2D eigenvalue weighted by atomic mass is 19.3. The van der Waals surface area contributed by atoms with Gasteiger partial charge in [-0.05, 0) is 98.2 Å². The van der Waals surface area contributed by atoms with Gasteiger partial charge in [-0.15, -0.1) is 13.2 Å². The first-order valence-electron chi connectivity index (χ1n) is 13.4. The highest BCUT2D eigenvalue weighted by molar-refractivity contribution is 5.67. The molecule has 1 fully saturated rings. The number of allylic oxidation sites excluding steroid dienone is 3. The number of likely N-dealkylation sites (tertiary alicyclic amines) is 1. The van der Waals surface area contributed by atoms with Crippen molar-refractivity contribution < 1.29 is 8.78 Å². The SMILES string of the molecule is C=CC(CCC(=C)C)CC(=C)c1ccc(C2CCN(Cc3ccc(C(C)(F)F)cc3)CC2)cc1CC. The van der Waals surface area contributed by atoms with E-state index in [1.54, 1.807) is 12.1 Å². The van der Waals surface area contributed by atoms with Crippen molar-refractivity contribution in [1.29, 1.82) is 0 Å². The van der Waals surface area contributed by atoms with E-state index in [2.05, 4.69) is 62.8 Å². The molecule has 3 rings (SSSR count). The van der Waals surface area contributed by atoms with Gasteiger partial charge in [-0.1, -0.05) is 67.6 Å². The van der Waals surface area contributed by atoms with Crippen LogP contribution < -0.4 is 0 Å². The van der Waals surface area contributed by atoms with Crippen LogP contribution in [0.25, 0.3) is 5.57 Å². The number of aryl methyl sites for hydroxylation is 1. The minimum Gasteiger partial charge on any atom is -0.299 e. The van der Waals surface area contributed by atoms with Crippen molar-refractivity contribution in [2.24, 2.45) is 5.92 Å². The quantitative estimate of drug-likeness (QED) is 0.267. The minimum atomic E-state index is -2.78. The maximum absolute atomic E-state index is 13.5. The lowest BCUT2D eigenvalue weighted by atomic mass is 9.84. The average Bonchev–Trinajstić information content (AvgIpc) is 2.86. The van der Waals surface area contributed by atoms with Crippen LogP contribution in [0.1, 0.15) is 86.6 Å². The fourth-order valence-electron chi connectivity index (χ4n) is 5.25. The highest BCUT2D eigenvalue weighted by Crippen LogP contribution is 2.34. The van der Waals surface area contributed by atoms with Crippen molar-refractivity contribution in [3.8, 4) is 0 Å². The third-order valence-electron chi connectivity index (χ3n) is 7.60. The fourth-order valence-corrected chi connectivity index (χ4v) is 5.25. The molecule has 1 heterocycles. The first kappa shape index (κ1) is 28.1. The van der Waals surface area contributed by atoms with Crippen LogP contribution >= 0.6 is 0 Å². The van der Waals surface area contributed by atoms with Gasteiger partial charge in [0.2, 0.25) is 0 Å². The molecule has 0 aromatic heterocycles. The molecule has 1 aliphatic heterocycles. The first-order chi connectivity index (χ1) is 17.1. The second kappa shape index (κ2) is 12.6. The summed E-state index contributed by atoms with van der Waals surface area (Å²) in [6.07, 6.45) is 8.35. The van der Waals surface area contributed by atoms with Gasteiger partial charge in [0, 0.05) is 19.0 Å². The number of alkyl halides is 2. The van der Waals surface area contributed by atoms with E-state index < -0.39 is 5.92 Å². The van der Waals surface area contributed by atoms with E-state index >= 15 is 0 Å². The van der Waals surface area contributed by atoms with E-state index in [9.17, 15) is 8.78 Å². The van der Waals surface area contributed by atoms with E-state index in [1.165, 1.54) is 27.8 Å². The smallest absolute Gasteiger partial charge is 0.270 e. The largest absolute Gasteiger partial charge is 0.299 e. The summed E-state index contributed by atoms with van der Waals surface area (Å²) in [5.74, 6) is -1.79. The van der Waals surface area contributed by atoms with Gasteiger partial charge in [-0.2, -0.15) is 0 Å². The number of hydrogen-bond donors (Lipinski definition) is 0. The second-order valence-electron chi connectivity index (χ2n) is 10.7. The molecule has 0 N–H and O–H groups in total. The summed E-state index contributed by atoms with van der Waals surface area (Å²) >= 11 is 0. The standard InChI is InChI=1S/C33H43F2N/c1-7-26(10-9-24(3)4)21-25(5)32-16-13-30(22-28(32)8-2)29-17-19-36(20-18-29)23-27-11-14-31(15-12-27)33(6,34)35/h7,11-16,22,26,29H,1,3,5,8-10,17-21,23H2,2,4,6H3. The summed E-state index contributed by atoms with van der Waals surface area (Å²) in [7, 11) is 0. The Balaban J connectivity index is 1.58. The molecule has 0 amide bonds. The Labute approximate surface area is 217 Å². The topological polar surface area (TPSA) is 3.24 Å². The molecule has 0 bridgehead atoms. The molecule has 3 heteroatoms. The average molecular weight is 492 g/mol. The van der Waals surface area contributed by atoms with E-state index in [0.717, 1.165) is 70.6 Å². The molecule has 1 aliphatic rings. The van der Waals surface area contributed by atoms with Crippen LogP contribution in [-0.2, 0) is 18.9 Å². The van der Waals surface area contributed by atoms with Gasteiger partial charge < -0.3 is 0 Å². The first-order valence-corrected chi connectivity index (χ1v) is 13.4. The van der Waals surface area contributed by atoms with Crippen LogP contribution in [-0.4, -0.2) is 18.0 Å². The summed E-state index contributed by atoms with van der Waals surface area (Å²) in [4.78, 5) is 2.44. The Morgan fingerprint density at radius 3 is 2.33 bits per heavy atom. The lowest BCUT2D eigenvalue weighted by molar-refractivity contribution is 0.0174. The van der Waals surface area contributed by atoms with E-state index in [4.69, 9.17) is 0 Å². The Bertz CT molecular complexity index is 1040. The van der Waals surface area contributed by atoms with Crippen LogP contribution in [0.4, 0.5) is 8.78 Å². The van der Waals surface area contributed by atoms with E-state index in [-0.39, 0.29) is 5.56 Å². The summed E-state index contributed by atoms with van der Waals surface area (Å²) in [6.45, 7) is 20.6. The normalized spacial score (nSPS) is 16.0. The number of halogens is 2. The molecule has 0 spiro atoms. The Morgan fingerprint density at radius 2 is 1.78 bits per heavy atom. The highest BCUT2D eigenvalue weighted by Gasteiger charge is 2.25. The van der Waals surface area contributed by atoms with Gasteiger partial charge in [-0.25, -0.2) is 8.78 Å². The predicted molar refractivity (Wildman–Crippen MR) is 150 cm³/mol. The number of benzene rings is 2. The maximum atomic E-state index is 13.5. The third kappa shape index (κ3) is 7.74. The lowest BCUT2D eigenvalue weighted by Crippen LogP contribution is -2.32. The van der Waals surface area contributed by atoms with Gasteiger partial charge >= 0.3 is 0 Å². The lowest BCUT2D eigenvalue weighted by Gasteiger charge is -2.32. The molecule has 194 valence electrons. The van der Waals surface area contributed by atoms with Crippen LogP contribution in [0.15, 0.2) is 73.9 Å². The predicted octanol–water partition coefficient (Wildman–Crippen LogP) is 9.30. The van der Waals surface area contributed by atoms with Crippen molar-refractivity contribution in [1.82, 2.24) is 4.90 Å². The van der Waals surface area contributed by atoms with Crippen LogP contribution in [0.3, 0.4) is 0 Å². The third-order valence-corrected chi connectivity index (χ3v) is 7.60. The van der Waals surface area contributed by atoms with Gasteiger partial charge in [0.1, 0.15) is 0 Å². The number of piperidine rings is 1. The molecule has 2 aromatic carbocycles. The molecule has 1 nitrogen and oxygen atoms in total. The van der Waals surface area contributed by atoms with Crippen molar-refractivity contribution in [3.63, 3.8) is 0 Å². The van der Waals surface area contributed by atoms with Crippen LogP contribution in [0.2, 0.25) is 0 Å². The number of hydrogen-bond acceptors (Lipinski definition) is 1. The van der Waals surface area contributed by atoms with Crippen molar-refractivity contribution >= 4 is 5.57 Å². The molecule has 2 aromatic rings. The zero-order valence-electron chi connectivity index (χ0n) is 22.5. The molecule has 1 saturated heterocycles. The Kier molecular flexibility index (Phi) is 9.84. The van der Waals surface area contributed by atoms with Crippen LogP contribution in [0, 0.1) is 5.92 Å². The van der Waals surface area contributed by atoms with Crippen molar-refractivity contribution in [3.05, 3.63) is 102 Å². The van der Waals surface area contributed by atoms with Gasteiger partial charge in [0.15, 0.2) is 0 Å². The Morgan fingerprint density at radius 1 is 1.11 bits per heavy atom. The van der Waals surface area contributed by atoms with Crippen molar-refractivity contribution in [2.45, 2.75) is 77.7 Å². The second-order valence-corrected chi connectivity index (χ2v) is 10.7. The van der Waals surface area contributed by atoms with Gasteiger partial charge in [-0.3, -0.25) is 4.90 Å². The summed E-state index contributed by atoms with van der Waals surface area (Å²) < 4.78 is 27.0. The summed E-state index contributed by atoms with van der Waals surface area (Å²) in [5.41, 5.74) is 7.70. The monoisotopic (exact) mass is 491 g/mol. The molecular formula is C33H43F2N. The van der Waals surface area contributed by atoms with E-state index in [0.29, 0.717) is 11.8 Å². The molecule has 1 atom stereocenters. The van der Waals surface area contributed by atoms with Crippen LogP contribution in [0.5, 0.6) is 0 Å². The Hall–Kier alpha value is -2.52. The summed E-state index contributed by atoms with van der Waals surface area (Å²) in [5, 5.41) is 0. The maximum Gasteiger partial charge on any atom is 0.270 e. The van der Waals surface area contributed by atoms with Gasteiger partial charge in [0.25, 0.3) is 5.92 Å². The minimum absolute atomic E-state index is 0.0784. The molecule has 0 saturated carbocycles. The number of rotatable bonds is 12. The fraction of sp³-hybridized carbons (Fsp3) is 0.455. The zero-order valence-corrected chi connectivity index (χ0v) is 22.5. The van der Waals surface area contributed by atoms with E-state index in [1.807, 2.05) is 12.1 Å².